The molecular weight excluding hydrogens is 428 g/mol. The highest BCUT2D eigenvalue weighted by molar-refractivity contribution is 5.83. The molecule has 9 unspecified atom stereocenters. The number of carbonyl (C=O) groups is 2. The monoisotopic (exact) mass is 476 g/mol. The first-order valence-electron chi connectivity index (χ1n) is 13.7. The van der Waals surface area contributed by atoms with Gasteiger partial charge in [0.15, 0.2) is 0 Å². The van der Waals surface area contributed by atoms with E-state index in [1.54, 1.807) is 0 Å². The second-order valence-electron chi connectivity index (χ2n) is 12.1. The van der Waals surface area contributed by atoms with Crippen molar-refractivity contribution in [3.63, 3.8) is 0 Å². The average molecular weight is 477 g/mol. The Bertz CT molecular complexity index is 730. The van der Waals surface area contributed by atoms with E-state index < -0.39 is 0 Å². The Morgan fingerprint density at radius 3 is 2.62 bits per heavy atom. The lowest BCUT2D eigenvalue weighted by atomic mass is 9.72. The van der Waals surface area contributed by atoms with Crippen molar-refractivity contribution >= 4 is 11.8 Å². The van der Waals surface area contributed by atoms with E-state index in [0.717, 1.165) is 19.4 Å². The van der Waals surface area contributed by atoms with E-state index in [4.69, 9.17) is 0 Å². The standard InChI is InChI=1S/C26H48N6O2/c1-15(2)32-24-22(14-28-32)20(12-23(30-24)18-8-7-9-19(11-18)31(5)6)25(33)27-13-21-16(3)10-17(4)29-26(21)34/h15-24,28,30H,7-14H2,1-6H3,(H,27,33)(H,29,34). The van der Waals surface area contributed by atoms with Gasteiger partial charge in [0.2, 0.25) is 11.8 Å². The first-order valence-corrected chi connectivity index (χ1v) is 13.7. The van der Waals surface area contributed by atoms with Gasteiger partial charge in [-0.05, 0) is 78.8 Å². The summed E-state index contributed by atoms with van der Waals surface area (Å²) >= 11 is 0. The molecule has 2 amide bonds. The molecule has 4 rings (SSSR count). The Morgan fingerprint density at radius 1 is 1.18 bits per heavy atom. The van der Waals surface area contributed by atoms with E-state index in [2.05, 4.69) is 73.1 Å². The molecular formula is C26H48N6O2. The van der Waals surface area contributed by atoms with Gasteiger partial charge in [-0.25, -0.2) is 5.01 Å². The zero-order chi connectivity index (χ0) is 24.6. The van der Waals surface area contributed by atoms with Crippen molar-refractivity contribution in [1.82, 2.24) is 31.3 Å². The second-order valence-corrected chi connectivity index (χ2v) is 12.1. The van der Waals surface area contributed by atoms with Crippen LogP contribution in [0.5, 0.6) is 0 Å². The number of fused-ring (bicyclic) bond motifs is 1. The highest BCUT2D eigenvalue weighted by Gasteiger charge is 2.49. The molecule has 34 heavy (non-hydrogen) atoms. The van der Waals surface area contributed by atoms with Crippen molar-refractivity contribution in [3.05, 3.63) is 0 Å². The molecule has 1 aliphatic carbocycles. The quantitative estimate of drug-likeness (QED) is 0.465. The summed E-state index contributed by atoms with van der Waals surface area (Å²) in [4.78, 5) is 28.5. The highest BCUT2D eigenvalue weighted by atomic mass is 16.2. The second kappa shape index (κ2) is 10.8. The molecule has 0 bridgehead atoms. The van der Waals surface area contributed by atoms with E-state index in [1.165, 1.54) is 25.7 Å². The van der Waals surface area contributed by atoms with Crippen LogP contribution < -0.4 is 21.4 Å². The van der Waals surface area contributed by atoms with E-state index in [-0.39, 0.29) is 47.7 Å². The number of nitrogens with zero attached hydrogens (tertiary/aromatic N) is 2. The van der Waals surface area contributed by atoms with Crippen LogP contribution in [0, 0.1) is 29.6 Å². The molecule has 0 aromatic rings. The maximum absolute atomic E-state index is 13.6. The highest BCUT2D eigenvalue weighted by Crippen LogP contribution is 2.39. The predicted molar refractivity (Wildman–Crippen MR) is 135 cm³/mol. The molecule has 0 aromatic carbocycles. The van der Waals surface area contributed by atoms with Gasteiger partial charge in [0.05, 0.1) is 12.1 Å². The van der Waals surface area contributed by atoms with Crippen molar-refractivity contribution < 1.29 is 9.59 Å². The molecule has 9 atom stereocenters. The summed E-state index contributed by atoms with van der Waals surface area (Å²) < 4.78 is 0. The lowest BCUT2D eigenvalue weighted by Gasteiger charge is -2.46. The van der Waals surface area contributed by atoms with Crippen LogP contribution in [0.1, 0.15) is 66.2 Å². The van der Waals surface area contributed by atoms with Crippen LogP contribution in [0.4, 0.5) is 0 Å². The van der Waals surface area contributed by atoms with Crippen LogP contribution in [-0.2, 0) is 9.59 Å². The van der Waals surface area contributed by atoms with Gasteiger partial charge in [0.25, 0.3) is 0 Å². The number of hydrazine groups is 1. The van der Waals surface area contributed by atoms with Gasteiger partial charge in [0, 0.05) is 49.1 Å². The molecule has 1 saturated carbocycles. The lowest BCUT2D eigenvalue weighted by Crippen LogP contribution is -2.62. The number of piperidine rings is 2. The molecule has 194 valence electrons. The SMILES string of the molecule is CC1CC(C)C(CNC(=O)C2CC(C3CCCC(N(C)C)C3)NC3C2CNN3C(C)C)C(=O)N1. The third-order valence-electron chi connectivity index (χ3n) is 9.14. The van der Waals surface area contributed by atoms with E-state index in [1.807, 2.05) is 0 Å². The maximum atomic E-state index is 13.6. The van der Waals surface area contributed by atoms with E-state index in [0.29, 0.717) is 30.6 Å². The van der Waals surface area contributed by atoms with Gasteiger partial charge in [0.1, 0.15) is 0 Å². The van der Waals surface area contributed by atoms with Crippen LogP contribution in [0.3, 0.4) is 0 Å². The Labute approximate surface area is 206 Å². The fourth-order valence-electron chi connectivity index (χ4n) is 7.12. The molecule has 8 nitrogen and oxygen atoms in total. The number of hydrogen-bond acceptors (Lipinski definition) is 6. The predicted octanol–water partition coefficient (Wildman–Crippen LogP) is 1.53. The molecule has 0 radical (unpaired) electrons. The van der Waals surface area contributed by atoms with Crippen LogP contribution in [-0.4, -0.2) is 79.2 Å². The fraction of sp³-hybridized carbons (Fsp3) is 0.923. The minimum absolute atomic E-state index is 0.0342. The normalized spacial score (nSPS) is 41.4. The smallest absolute Gasteiger partial charge is 0.225 e. The first kappa shape index (κ1) is 25.9. The van der Waals surface area contributed by atoms with Crippen LogP contribution in [0.15, 0.2) is 0 Å². The summed E-state index contributed by atoms with van der Waals surface area (Å²) in [5.41, 5.74) is 3.58. The topological polar surface area (TPSA) is 88.7 Å². The van der Waals surface area contributed by atoms with Gasteiger partial charge in [-0.3, -0.25) is 20.3 Å². The minimum Gasteiger partial charge on any atom is -0.355 e. The van der Waals surface area contributed by atoms with Crippen molar-refractivity contribution in [1.29, 1.82) is 0 Å². The third kappa shape index (κ3) is 5.45. The zero-order valence-corrected chi connectivity index (χ0v) is 22.1. The Balaban J connectivity index is 1.46. The maximum Gasteiger partial charge on any atom is 0.225 e. The Morgan fingerprint density at radius 2 is 1.94 bits per heavy atom. The summed E-state index contributed by atoms with van der Waals surface area (Å²) in [5, 5.41) is 12.6. The zero-order valence-electron chi connectivity index (χ0n) is 22.1. The molecule has 4 N–H and O–H groups in total. The molecule has 4 aliphatic rings. The molecule has 8 heteroatoms. The summed E-state index contributed by atoms with van der Waals surface area (Å²) in [5.74, 6) is 1.16. The summed E-state index contributed by atoms with van der Waals surface area (Å²) in [7, 11) is 4.39. The molecule has 0 aromatic heterocycles. The Hall–Kier alpha value is -1.22. The molecule has 4 fully saturated rings. The van der Waals surface area contributed by atoms with Crippen molar-refractivity contribution in [3.8, 4) is 0 Å². The largest absolute Gasteiger partial charge is 0.355 e. The number of rotatable bonds is 6. The van der Waals surface area contributed by atoms with Gasteiger partial charge in [-0.2, -0.15) is 0 Å². The van der Waals surface area contributed by atoms with Crippen molar-refractivity contribution in [2.45, 2.75) is 96.6 Å². The van der Waals surface area contributed by atoms with Crippen LogP contribution in [0.2, 0.25) is 0 Å². The van der Waals surface area contributed by atoms with Crippen molar-refractivity contribution in [2.75, 3.05) is 27.2 Å². The van der Waals surface area contributed by atoms with E-state index >= 15 is 0 Å². The average Bonchev–Trinajstić information content (AvgIpc) is 3.22. The molecule has 3 saturated heterocycles. The summed E-state index contributed by atoms with van der Waals surface area (Å²) in [6.07, 6.45) is 6.99. The molecule has 3 heterocycles. The van der Waals surface area contributed by atoms with Gasteiger partial charge >= 0.3 is 0 Å². The van der Waals surface area contributed by atoms with Gasteiger partial charge in [-0.15, -0.1) is 0 Å². The number of amides is 2. The van der Waals surface area contributed by atoms with Gasteiger partial charge < -0.3 is 15.5 Å². The lowest BCUT2D eigenvalue weighted by molar-refractivity contribution is -0.132. The first-order chi connectivity index (χ1) is 16.2. The van der Waals surface area contributed by atoms with Crippen molar-refractivity contribution in [2.24, 2.45) is 29.6 Å². The number of nitrogens with one attached hydrogen (secondary N) is 4. The van der Waals surface area contributed by atoms with Gasteiger partial charge in [-0.1, -0.05) is 13.3 Å². The minimum atomic E-state index is -0.137. The Kier molecular flexibility index (Phi) is 8.22. The number of carbonyl (C=O) groups excluding carboxylic acids is 2. The fourth-order valence-corrected chi connectivity index (χ4v) is 7.12. The summed E-state index contributed by atoms with van der Waals surface area (Å²) in [6, 6.07) is 1.55. The number of hydrogen-bond donors (Lipinski definition) is 4. The van der Waals surface area contributed by atoms with E-state index in [9.17, 15) is 9.59 Å². The van der Waals surface area contributed by atoms with Crippen LogP contribution in [0.25, 0.3) is 0 Å². The molecule has 3 aliphatic heterocycles. The summed E-state index contributed by atoms with van der Waals surface area (Å²) in [6.45, 7) is 9.87. The molecule has 0 spiro atoms. The third-order valence-corrected chi connectivity index (χ3v) is 9.14. The van der Waals surface area contributed by atoms with Crippen LogP contribution >= 0.6 is 0 Å².